The van der Waals surface area contributed by atoms with Gasteiger partial charge in [-0.2, -0.15) is 0 Å². The molecule has 0 aromatic heterocycles. The molecule has 19 heavy (non-hydrogen) atoms. The quantitative estimate of drug-likeness (QED) is 0.837. The van der Waals surface area contributed by atoms with Crippen LogP contribution >= 0.6 is 0 Å². The summed E-state index contributed by atoms with van der Waals surface area (Å²) in [5, 5.41) is 9.95. The number of hydrogen-bond acceptors (Lipinski definition) is 3. The SMILES string of the molecule is CC1(C)CC(C(=O)O)(N2CCCCCC2)C(C)(C)O1. The molecule has 0 bridgehead atoms. The summed E-state index contributed by atoms with van der Waals surface area (Å²) in [6.45, 7) is 9.60. The zero-order valence-corrected chi connectivity index (χ0v) is 12.7. The highest BCUT2D eigenvalue weighted by Gasteiger charge is 2.64. The molecule has 4 heteroatoms. The van der Waals surface area contributed by atoms with E-state index in [1.165, 1.54) is 12.8 Å². The Bertz CT molecular complexity index is 356. The lowest BCUT2D eigenvalue weighted by Gasteiger charge is -2.44. The zero-order valence-electron chi connectivity index (χ0n) is 12.7. The third-order valence-corrected chi connectivity index (χ3v) is 4.71. The molecule has 2 saturated heterocycles. The first-order valence-corrected chi connectivity index (χ1v) is 7.40. The maximum Gasteiger partial charge on any atom is 0.327 e. The lowest BCUT2D eigenvalue weighted by atomic mass is 9.77. The molecule has 4 nitrogen and oxygen atoms in total. The monoisotopic (exact) mass is 269 g/mol. The molecule has 0 saturated carbocycles. The van der Waals surface area contributed by atoms with Gasteiger partial charge in [0.05, 0.1) is 11.2 Å². The van der Waals surface area contributed by atoms with Crippen LogP contribution in [0.15, 0.2) is 0 Å². The molecule has 0 aromatic carbocycles. The van der Waals surface area contributed by atoms with Crippen LogP contribution < -0.4 is 0 Å². The Kier molecular flexibility index (Phi) is 3.69. The van der Waals surface area contributed by atoms with E-state index in [9.17, 15) is 9.90 Å². The second-order valence-corrected chi connectivity index (χ2v) is 7.12. The number of carboxylic acid groups (broad SMARTS) is 1. The fraction of sp³-hybridized carbons (Fsp3) is 0.933. The predicted molar refractivity (Wildman–Crippen MR) is 74.3 cm³/mol. The second-order valence-electron chi connectivity index (χ2n) is 7.12. The molecule has 110 valence electrons. The molecule has 2 heterocycles. The van der Waals surface area contributed by atoms with Gasteiger partial charge in [-0.25, -0.2) is 0 Å². The van der Waals surface area contributed by atoms with Crippen LogP contribution in [0.25, 0.3) is 0 Å². The molecule has 0 aliphatic carbocycles. The molecule has 0 spiro atoms. The minimum Gasteiger partial charge on any atom is -0.480 e. The van der Waals surface area contributed by atoms with Crippen molar-refractivity contribution >= 4 is 5.97 Å². The number of ether oxygens (including phenoxy) is 1. The van der Waals surface area contributed by atoms with Crippen molar-refractivity contribution in [3.63, 3.8) is 0 Å². The van der Waals surface area contributed by atoms with E-state index >= 15 is 0 Å². The second kappa shape index (κ2) is 4.74. The van der Waals surface area contributed by atoms with Crippen molar-refractivity contribution < 1.29 is 14.6 Å². The summed E-state index contributed by atoms with van der Waals surface area (Å²) < 4.78 is 6.08. The van der Waals surface area contributed by atoms with Gasteiger partial charge >= 0.3 is 5.97 Å². The molecular weight excluding hydrogens is 242 g/mol. The van der Waals surface area contributed by atoms with Gasteiger partial charge in [0.2, 0.25) is 0 Å². The number of rotatable bonds is 2. The summed E-state index contributed by atoms with van der Waals surface area (Å²) in [7, 11) is 0. The van der Waals surface area contributed by atoms with Gasteiger partial charge in [-0.05, 0) is 53.6 Å². The van der Waals surface area contributed by atoms with E-state index in [1.54, 1.807) is 0 Å². The minimum absolute atomic E-state index is 0.381. The third-order valence-electron chi connectivity index (χ3n) is 4.71. The molecule has 1 atom stereocenters. The number of nitrogens with zero attached hydrogens (tertiary/aromatic N) is 1. The van der Waals surface area contributed by atoms with Gasteiger partial charge in [0, 0.05) is 6.42 Å². The number of aliphatic carboxylic acids is 1. The van der Waals surface area contributed by atoms with E-state index in [0.717, 1.165) is 25.9 Å². The highest BCUT2D eigenvalue weighted by Crippen LogP contribution is 2.49. The van der Waals surface area contributed by atoms with Gasteiger partial charge in [-0.3, -0.25) is 9.69 Å². The number of carboxylic acids is 1. The molecule has 2 aliphatic heterocycles. The minimum atomic E-state index is -0.888. The van der Waals surface area contributed by atoms with E-state index in [1.807, 2.05) is 27.7 Å². The predicted octanol–water partition coefficient (Wildman–Crippen LogP) is 2.66. The zero-order chi connectivity index (χ0) is 14.3. The average molecular weight is 269 g/mol. The molecule has 0 radical (unpaired) electrons. The van der Waals surface area contributed by atoms with Crippen molar-refractivity contribution in [2.75, 3.05) is 13.1 Å². The first-order chi connectivity index (χ1) is 8.71. The van der Waals surface area contributed by atoms with Crippen LogP contribution in [0, 0.1) is 0 Å². The van der Waals surface area contributed by atoms with Crippen molar-refractivity contribution in [3.8, 4) is 0 Å². The molecule has 1 N–H and O–H groups in total. The molecule has 1 unspecified atom stereocenters. The van der Waals surface area contributed by atoms with Crippen LogP contribution in [-0.2, 0) is 9.53 Å². The highest BCUT2D eigenvalue weighted by molar-refractivity contribution is 5.81. The van der Waals surface area contributed by atoms with Gasteiger partial charge in [0.25, 0.3) is 0 Å². The first kappa shape index (κ1) is 14.8. The van der Waals surface area contributed by atoms with Crippen molar-refractivity contribution in [1.29, 1.82) is 0 Å². The lowest BCUT2D eigenvalue weighted by Crippen LogP contribution is -2.64. The Morgan fingerprint density at radius 2 is 1.58 bits per heavy atom. The Morgan fingerprint density at radius 1 is 1.05 bits per heavy atom. The summed E-state index contributed by atoms with van der Waals surface area (Å²) >= 11 is 0. The Labute approximate surface area is 116 Å². The van der Waals surface area contributed by atoms with Crippen LogP contribution in [0.3, 0.4) is 0 Å². The summed E-state index contributed by atoms with van der Waals surface area (Å²) in [6, 6.07) is 0. The van der Waals surface area contributed by atoms with E-state index in [0.29, 0.717) is 6.42 Å². The summed E-state index contributed by atoms with van der Waals surface area (Å²) in [5.74, 6) is -0.732. The van der Waals surface area contributed by atoms with Crippen molar-refractivity contribution in [2.45, 2.75) is 76.5 Å². The topological polar surface area (TPSA) is 49.8 Å². The van der Waals surface area contributed by atoms with Crippen LogP contribution in [-0.4, -0.2) is 45.8 Å². The van der Waals surface area contributed by atoms with Crippen molar-refractivity contribution in [3.05, 3.63) is 0 Å². The van der Waals surface area contributed by atoms with E-state index in [2.05, 4.69) is 4.90 Å². The summed E-state index contributed by atoms with van der Waals surface area (Å²) in [6.07, 6.45) is 5.15. The van der Waals surface area contributed by atoms with E-state index < -0.39 is 17.1 Å². The van der Waals surface area contributed by atoms with E-state index in [4.69, 9.17) is 4.74 Å². The van der Waals surface area contributed by atoms with Crippen LogP contribution in [0.4, 0.5) is 0 Å². The summed E-state index contributed by atoms with van der Waals surface area (Å²) in [5.41, 5.74) is -1.93. The highest BCUT2D eigenvalue weighted by atomic mass is 16.5. The molecule has 2 rings (SSSR count). The summed E-state index contributed by atoms with van der Waals surface area (Å²) in [4.78, 5) is 14.3. The smallest absolute Gasteiger partial charge is 0.327 e. The Balaban J connectivity index is 2.39. The Hall–Kier alpha value is -0.610. The van der Waals surface area contributed by atoms with Gasteiger partial charge < -0.3 is 9.84 Å². The molecule has 0 amide bonds. The van der Waals surface area contributed by atoms with Gasteiger partial charge in [-0.15, -0.1) is 0 Å². The third kappa shape index (κ3) is 2.40. The van der Waals surface area contributed by atoms with Crippen LogP contribution in [0.2, 0.25) is 0 Å². The van der Waals surface area contributed by atoms with Crippen LogP contribution in [0.5, 0.6) is 0 Å². The van der Waals surface area contributed by atoms with Crippen molar-refractivity contribution in [2.24, 2.45) is 0 Å². The maximum atomic E-state index is 12.1. The fourth-order valence-electron chi connectivity index (χ4n) is 4.05. The number of carbonyl (C=O) groups is 1. The maximum absolute atomic E-state index is 12.1. The molecular formula is C15H27NO3. The lowest BCUT2D eigenvalue weighted by molar-refractivity contribution is -0.165. The first-order valence-electron chi connectivity index (χ1n) is 7.40. The fourth-order valence-corrected chi connectivity index (χ4v) is 4.05. The number of likely N-dealkylation sites (tertiary alicyclic amines) is 1. The number of hydrogen-bond donors (Lipinski definition) is 1. The van der Waals surface area contributed by atoms with Crippen LogP contribution in [0.1, 0.15) is 59.8 Å². The normalized spacial score (nSPS) is 34.9. The van der Waals surface area contributed by atoms with E-state index in [-0.39, 0.29) is 5.60 Å². The molecule has 2 fully saturated rings. The van der Waals surface area contributed by atoms with Crippen molar-refractivity contribution in [1.82, 2.24) is 4.90 Å². The van der Waals surface area contributed by atoms with Gasteiger partial charge in [0.1, 0.15) is 0 Å². The molecule has 2 aliphatic rings. The Morgan fingerprint density at radius 3 is 1.95 bits per heavy atom. The largest absolute Gasteiger partial charge is 0.480 e. The standard InChI is InChI=1S/C15H27NO3/c1-13(2)11-15(12(17)18,14(3,4)19-13)16-9-7-5-6-8-10-16/h5-11H2,1-4H3,(H,17,18). The average Bonchev–Trinajstić information content (AvgIpc) is 2.47. The van der Waals surface area contributed by atoms with Gasteiger partial charge in [-0.1, -0.05) is 12.8 Å². The molecule has 0 aromatic rings. The van der Waals surface area contributed by atoms with Gasteiger partial charge in [0.15, 0.2) is 5.54 Å².